The van der Waals surface area contributed by atoms with E-state index in [1.54, 1.807) is 0 Å². The summed E-state index contributed by atoms with van der Waals surface area (Å²) in [4.78, 5) is 8.59. The molecule has 3 nitrogen and oxygen atoms in total. The molecule has 0 bridgehead atoms. The number of hydrogen-bond acceptors (Lipinski definition) is 3. The molecular formula is C13H15ClN2O. The molecule has 0 saturated heterocycles. The zero-order valence-corrected chi connectivity index (χ0v) is 11.0. The maximum atomic E-state index is 5.96. The second-order valence-electron chi connectivity index (χ2n) is 4.44. The molecule has 0 unspecified atom stereocenters. The minimum absolute atomic E-state index is 0.307. The number of benzene rings is 1. The van der Waals surface area contributed by atoms with Crippen molar-refractivity contribution in [1.82, 2.24) is 9.97 Å². The lowest BCUT2D eigenvalue weighted by Gasteiger charge is -2.07. The monoisotopic (exact) mass is 250 g/mol. The van der Waals surface area contributed by atoms with Crippen molar-refractivity contribution in [3.8, 4) is 5.88 Å². The Labute approximate surface area is 106 Å². The zero-order valence-electron chi connectivity index (χ0n) is 10.2. The first kappa shape index (κ1) is 12.1. The van der Waals surface area contributed by atoms with Gasteiger partial charge in [-0.1, -0.05) is 31.5 Å². The summed E-state index contributed by atoms with van der Waals surface area (Å²) in [5.41, 5.74) is 2.87. The highest BCUT2D eigenvalue weighted by Gasteiger charge is 2.07. The van der Waals surface area contributed by atoms with E-state index in [9.17, 15) is 0 Å². The van der Waals surface area contributed by atoms with E-state index < -0.39 is 0 Å². The van der Waals surface area contributed by atoms with E-state index in [1.807, 2.05) is 12.1 Å². The fourth-order valence-electron chi connectivity index (χ4n) is 1.79. The first-order chi connectivity index (χ1) is 8.10. The first-order valence-corrected chi connectivity index (χ1v) is 5.98. The lowest BCUT2D eigenvalue weighted by atomic mass is 10.0. The molecule has 0 N–H and O–H groups in total. The SMILES string of the molecule is COc1nc2ccc(CC(C)C)cc2nc1Cl. The topological polar surface area (TPSA) is 35.0 Å². The third-order valence-corrected chi connectivity index (χ3v) is 2.74. The molecule has 0 saturated carbocycles. The Bertz CT molecular complexity index is 540. The Morgan fingerprint density at radius 1 is 1.24 bits per heavy atom. The van der Waals surface area contributed by atoms with Crippen molar-refractivity contribution >= 4 is 22.6 Å². The summed E-state index contributed by atoms with van der Waals surface area (Å²) in [5, 5.41) is 0.307. The molecule has 17 heavy (non-hydrogen) atoms. The number of hydrogen-bond donors (Lipinski definition) is 0. The van der Waals surface area contributed by atoms with Gasteiger partial charge in [-0.15, -0.1) is 0 Å². The van der Waals surface area contributed by atoms with Crippen LogP contribution in [0.5, 0.6) is 5.88 Å². The molecule has 0 aliphatic rings. The van der Waals surface area contributed by atoms with Crippen molar-refractivity contribution in [3.05, 3.63) is 28.9 Å². The van der Waals surface area contributed by atoms with Crippen LogP contribution in [0.15, 0.2) is 18.2 Å². The van der Waals surface area contributed by atoms with Crippen molar-refractivity contribution in [2.75, 3.05) is 7.11 Å². The third kappa shape index (κ3) is 2.67. The van der Waals surface area contributed by atoms with Crippen LogP contribution in [0.1, 0.15) is 19.4 Å². The average Bonchev–Trinajstić information content (AvgIpc) is 2.27. The molecule has 0 amide bonds. The quantitative estimate of drug-likeness (QED) is 0.836. The molecule has 0 radical (unpaired) electrons. The van der Waals surface area contributed by atoms with Crippen LogP contribution in [0.25, 0.3) is 11.0 Å². The Morgan fingerprint density at radius 2 is 2.00 bits per heavy atom. The number of halogens is 1. The molecule has 0 aliphatic carbocycles. The maximum absolute atomic E-state index is 5.96. The van der Waals surface area contributed by atoms with Gasteiger partial charge in [0.15, 0.2) is 5.15 Å². The molecule has 1 aromatic heterocycles. The molecule has 0 atom stereocenters. The fourth-order valence-corrected chi connectivity index (χ4v) is 2.00. The predicted molar refractivity (Wildman–Crippen MR) is 69.6 cm³/mol. The standard InChI is InChI=1S/C13H15ClN2O/c1-8(2)6-9-4-5-10-11(7-9)15-12(14)13(16-10)17-3/h4-5,7-8H,6H2,1-3H3. The number of methoxy groups -OCH3 is 1. The normalized spacial score (nSPS) is 11.1. The van der Waals surface area contributed by atoms with Crippen molar-refractivity contribution in [2.45, 2.75) is 20.3 Å². The Balaban J connectivity index is 2.47. The van der Waals surface area contributed by atoms with E-state index in [0.29, 0.717) is 17.0 Å². The minimum Gasteiger partial charge on any atom is -0.479 e. The van der Waals surface area contributed by atoms with E-state index in [0.717, 1.165) is 17.5 Å². The van der Waals surface area contributed by atoms with E-state index in [4.69, 9.17) is 16.3 Å². The number of ether oxygens (including phenoxy) is 1. The van der Waals surface area contributed by atoms with Crippen molar-refractivity contribution in [2.24, 2.45) is 5.92 Å². The van der Waals surface area contributed by atoms with E-state index in [1.165, 1.54) is 12.7 Å². The number of aromatic nitrogens is 2. The molecule has 0 aliphatic heterocycles. The molecule has 4 heteroatoms. The lowest BCUT2D eigenvalue weighted by molar-refractivity contribution is 0.398. The van der Waals surface area contributed by atoms with Crippen LogP contribution in [-0.4, -0.2) is 17.1 Å². The summed E-state index contributed by atoms with van der Waals surface area (Å²) >= 11 is 5.96. The van der Waals surface area contributed by atoms with Gasteiger partial charge in [-0.3, -0.25) is 0 Å². The van der Waals surface area contributed by atoms with Gasteiger partial charge in [-0.2, -0.15) is 0 Å². The van der Waals surface area contributed by atoms with E-state index >= 15 is 0 Å². The van der Waals surface area contributed by atoms with Gasteiger partial charge in [-0.05, 0) is 30.0 Å². The van der Waals surface area contributed by atoms with Crippen LogP contribution < -0.4 is 4.74 Å². The summed E-state index contributed by atoms with van der Waals surface area (Å²) in [6, 6.07) is 6.07. The van der Waals surface area contributed by atoms with Gasteiger partial charge in [0.25, 0.3) is 5.88 Å². The van der Waals surface area contributed by atoms with E-state index in [2.05, 4.69) is 29.9 Å². The molecule has 2 rings (SSSR count). The van der Waals surface area contributed by atoms with Gasteiger partial charge in [0.05, 0.1) is 18.1 Å². The first-order valence-electron chi connectivity index (χ1n) is 5.60. The van der Waals surface area contributed by atoms with Crippen LogP contribution in [0.2, 0.25) is 5.15 Å². The van der Waals surface area contributed by atoms with Gasteiger partial charge in [0.2, 0.25) is 0 Å². The minimum atomic E-state index is 0.307. The summed E-state index contributed by atoms with van der Waals surface area (Å²) in [6.07, 6.45) is 1.03. The van der Waals surface area contributed by atoms with Gasteiger partial charge in [0, 0.05) is 0 Å². The molecule has 90 valence electrons. The van der Waals surface area contributed by atoms with Gasteiger partial charge >= 0.3 is 0 Å². The molecule has 2 aromatic rings. The second kappa shape index (κ2) is 4.88. The van der Waals surface area contributed by atoms with Crippen LogP contribution in [0, 0.1) is 5.92 Å². The predicted octanol–water partition coefficient (Wildman–Crippen LogP) is 3.49. The Kier molecular flexibility index (Phi) is 3.48. The van der Waals surface area contributed by atoms with Crippen LogP contribution in [-0.2, 0) is 6.42 Å². The highest BCUT2D eigenvalue weighted by molar-refractivity contribution is 6.31. The van der Waals surface area contributed by atoms with Gasteiger partial charge in [0.1, 0.15) is 0 Å². The summed E-state index contributed by atoms with van der Waals surface area (Å²) in [7, 11) is 1.54. The zero-order chi connectivity index (χ0) is 12.4. The Morgan fingerprint density at radius 3 is 2.65 bits per heavy atom. The van der Waals surface area contributed by atoms with Crippen LogP contribution in [0.3, 0.4) is 0 Å². The molecule has 0 fully saturated rings. The number of fused-ring (bicyclic) bond motifs is 1. The second-order valence-corrected chi connectivity index (χ2v) is 4.80. The summed E-state index contributed by atoms with van der Waals surface area (Å²) < 4.78 is 5.04. The van der Waals surface area contributed by atoms with Gasteiger partial charge < -0.3 is 4.74 Å². The third-order valence-electron chi connectivity index (χ3n) is 2.49. The molecule has 1 heterocycles. The maximum Gasteiger partial charge on any atom is 0.252 e. The van der Waals surface area contributed by atoms with E-state index in [-0.39, 0.29) is 0 Å². The van der Waals surface area contributed by atoms with Crippen LogP contribution >= 0.6 is 11.6 Å². The summed E-state index contributed by atoms with van der Waals surface area (Å²) in [6.45, 7) is 4.38. The average molecular weight is 251 g/mol. The lowest BCUT2D eigenvalue weighted by Crippen LogP contribution is -1.96. The highest BCUT2D eigenvalue weighted by atomic mass is 35.5. The summed E-state index contributed by atoms with van der Waals surface area (Å²) in [5.74, 6) is 0.991. The fraction of sp³-hybridized carbons (Fsp3) is 0.385. The number of nitrogens with zero attached hydrogens (tertiary/aromatic N) is 2. The highest BCUT2D eigenvalue weighted by Crippen LogP contribution is 2.23. The molecule has 1 aromatic carbocycles. The smallest absolute Gasteiger partial charge is 0.252 e. The van der Waals surface area contributed by atoms with Crippen molar-refractivity contribution in [1.29, 1.82) is 0 Å². The molecule has 0 spiro atoms. The van der Waals surface area contributed by atoms with Crippen molar-refractivity contribution in [3.63, 3.8) is 0 Å². The van der Waals surface area contributed by atoms with Crippen molar-refractivity contribution < 1.29 is 4.74 Å². The Hall–Kier alpha value is -1.35. The molecular weight excluding hydrogens is 236 g/mol. The van der Waals surface area contributed by atoms with Crippen LogP contribution in [0.4, 0.5) is 0 Å². The number of rotatable bonds is 3. The largest absolute Gasteiger partial charge is 0.479 e. The van der Waals surface area contributed by atoms with Gasteiger partial charge in [-0.25, -0.2) is 9.97 Å².